The minimum absolute atomic E-state index is 0.527. The molecule has 0 aliphatic rings. The molecule has 0 fully saturated rings. The Balaban J connectivity index is 1.86. The van der Waals surface area contributed by atoms with Crippen molar-refractivity contribution in [1.82, 2.24) is 9.97 Å². The summed E-state index contributed by atoms with van der Waals surface area (Å²) in [7, 11) is 0. The van der Waals surface area contributed by atoms with E-state index in [1.807, 2.05) is 42.6 Å². The van der Waals surface area contributed by atoms with Gasteiger partial charge in [0.2, 0.25) is 0 Å². The lowest BCUT2D eigenvalue weighted by Gasteiger charge is -2.04. The van der Waals surface area contributed by atoms with Gasteiger partial charge in [0.25, 0.3) is 0 Å². The van der Waals surface area contributed by atoms with Crippen LogP contribution in [0.5, 0.6) is 0 Å². The quantitative estimate of drug-likeness (QED) is 0.488. The number of fused-ring (bicyclic) bond motifs is 1. The normalized spacial score (nSPS) is 11.0. The van der Waals surface area contributed by atoms with Crippen molar-refractivity contribution in [2.75, 3.05) is 11.5 Å². The van der Waals surface area contributed by atoms with E-state index in [2.05, 4.69) is 28.2 Å². The molecule has 4 nitrogen and oxygen atoms in total. The second-order valence-corrected chi connectivity index (χ2v) is 5.56. The molecule has 112 valence electrons. The SMILES string of the molecule is Nc1ccc(-c2c[nH]c3ccc(-c4ccc(N)nc4)cc23)cc1. The summed E-state index contributed by atoms with van der Waals surface area (Å²) < 4.78 is 0. The molecular formula is C19H16N4. The number of aromatic amines is 1. The van der Waals surface area contributed by atoms with Crippen molar-refractivity contribution in [2.24, 2.45) is 0 Å². The van der Waals surface area contributed by atoms with E-state index < -0.39 is 0 Å². The van der Waals surface area contributed by atoms with Gasteiger partial charge in [0.1, 0.15) is 5.82 Å². The number of rotatable bonds is 2. The largest absolute Gasteiger partial charge is 0.399 e. The first-order valence-electron chi connectivity index (χ1n) is 7.40. The third-order valence-corrected chi connectivity index (χ3v) is 4.02. The van der Waals surface area contributed by atoms with E-state index in [0.717, 1.165) is 33.5 Å². The summed E-state index contributed by atoms with van der Waals surface area (Å²) in [6, 6.07) is 18.1. The molecule has 0 aliphatic carbocycles. The summed E-state index contributed by atoms with van der Waals surface area (Å²) in [6.07, 6.45) is 3.83. The summed E-state index contributed by atoms with van der Waals surface area (Å²) >= 11 is 0. The lowest BCUT2D eigenvalue weighted by atomic mass is 10.0. The van der Waals surface area contributed by atoms with Crippen LogP contribution in [0.15, 0.2) is 67.0 Å². The molecular weight excluding hydrogens is 284 g/mol. The van der Waals surface area contributed by atoms with Gasteiger partial charge in [-0.1, -0.05) is 18.2 Å². The summed E-state index contributed by atoms with van der Waals surface area (Å²) in [5.74, 6) is 0.527. The lowest BCUT2D eigenvalue weighted by molar-refractivity contribution is 1.34. The molecule has 2 aromatic heterocycles. The van der Waals surface area contributed by atoms with E-state index in [1.54, 1.807) is 6.20 Å². The first-order chi connectivity index (χ1) is 11.2. The van der Waals surface area contributed by atoms with Gasteiger partial charge in [0, 0.05) is 40.1 Å². The second kappa shape index (κ2) is 5.18. The average Bonchev–Trinajstić information content (AvgIpc) is 2.99. The molecule has 4 heteroatoms. The van der Waals surface area contributed by atoms with Crippen LogP contribution in [0, 0.1) is 0 Å². The van der Waals surface area contributed by atoms with Crippen molar-refractivity contribution < 1.29 is 0 Å². The number of H-pyrrole nitrogens is 1. The smallest absolute Gasteiger partial charge is 0.123 e. The standard InChI is InChI=1S/C19H16N4/c20-15-5-1-12(2-6-15)17-11-22-18-7-3-13(9-16(17)18)14-4-8-19(21)23-10-14/h1-11,22H,20H2,(H2,21,23). The van der Waals surface area contributed by atoms with Gasteiger partial charge in [0.15, 0.2) is 0 Å². The monoisotopic (exact) mass is 300 g/mol. The Morgan fingerprint density at radius 2 is 1.52 bits per heavy atom. The van der Waals surface area contributed by atoms with Crippen molar-refractivity contribution in [2.45, 2.75) is 0 Å². The van der Waals surface area contributed by atoms with E-state index in [4.69, 9.17) is 11.5 Å². The Hall–Kier alpha value is -3.27. The highest BCUT2D eigenvalue weighted by atomic mass is 14.8. The Morgan fingerprint density at radius 1 is 0.783 bits per heavy atom. The fraction of sp³-hybridized carbons (Fsp3) is 0. The molecule has 0 saturated carbocycles. The maximum atomic E-state index is 5.78. The topological polar surface area (TPSA) is 80.7 Å². The van der Waals surface area contributed by atoms with Crippen LogP contribution >= 0.6 is 0 Å². The number of nitrogen functional groups attached to an aromatic ring is 2. The van der Waals surface area contributed by atoms with Gasteiger partial charge in [-0.05, 0) is 47.5 Å². The van der Waals surface area contributed by atoms with Gasteiger partial charge in [-0.25, -0.2) is 4.98 Å². The number of nitrogens with zero attached hydrogens (tertiary/aromatic N) is 1. The molecule has 0 radical (unpaired) electrons. The molecule has 5 N–H and O–H groups in total. The van der Waals surface area contributed by atoms with Crippen molar-refractivity contribution in [1.29, 1.82) is 0 Å². The highest BCUT2D eigenvalue weighted by Gasteiger charge is 2.08. The molecule has 2 heterocycles. The predicted molar refractivity (Wildman–Crippen MR) is 95.8 cm³/mol. The van der Waals surface area contributed by atoms with Crippen LogP contribution in [0.25, 0.3) is 33.2 Å². The maximum Gasteiger partial charge on any atom is 0.123 e. The number of hydrogen-bond acceptors (Lipinski definition) is 3. The van der Waals surface area contributed by atoms with E-state index in [0.29, 0.717) is 5.82 Å². The van der Waals surface area contributed by atoms with Crippen molar-refractivity contribution >= 4 is 22.4 Å². The molecule has 0 bridgehead atoms. The molecule has 2 aromatic carbocycles. The van der Waals surface area contributed by atoms with Gasteiger partial charge < -0.3 is 16.5 Å². The number of benzene rings is 2. The van der Waals surface area contributed by atoms with E-state index in [9.17, 15) is 0 Å². The van der Waals surface area contributed by atoms with Gasteiger partial charge in [0.05, 0.1) is 0 Å². The van der Waals surface area contributed by atoms with Gasteiger partial charge >= 0.3 is 0 Å². The summed E-state index contributed by atoms with van der Waals surface area (Å²) in [5, 5.41) is 1.17. The first-order valence-corrected chi connectivity index (χ1v) is 7.40. The van der Waals surface area contributed by atoms with Gasteiger partial charge in [-0.3, -0.25) is 0 Å². The van der Waals surface area contributed by atoms with Gasteiger partial charge in [-0.2, -0.15) is 0 Å². The highest BCUT2D eigenvalue weighted by Crippen LogP contribution is 2.32. The van der Waals surface area contributed by atoms with Crippen molar-refractivity contribution in [3.05, 3.63) is 67.0 Å². The predicted octanol–water partition coefficient (Wildman–Crippen LogP) is 4.06. The Bertz CT molecular complexity index is 967. The highest BCUT2D eigenvalue weighted by molar-refractivity contribution is 5.98. The number of hydrogen-bond donors (Lipinski definition) is 3. The first kappa shape index (κ1) is 13.4. The van der Waals surface area contributed by atoms with E-state index in [1.165, 1.54) is 5.39 Å². The lowest BCUT2D eigenvalue weighted by Crippen LogP contribution is -1.89. The number of nitrogens with two attached hydrogens (primary N) is 2. The fourth-order valence-corrected chi connectivity index (χ4v) is 2.78. The molecule has 4 rings (SSSR count). The van der Waals surface area contributed by atoms with E-state index >= 15 is 0 Å². The summed E-state index contributed by atoms with van der Waals surface area (Å²) in [4.78, 5) is 7.49. The molecule has 0 spiro atoms. The number of aromatic nitrogens is 2. The molecule has 0 saturated heterocycles. The average molecular weight is 300 g/mol. The number of pyridine rings is 1. The van der Waals surface area contributed by atoms with Crippen LogP contribution in [-0.2, 0) is 0 Å². The molecule has 4 aromatic rings. The van der Waals surface area contributed by atoms with E-state index in [-0.39, 0.29) is 0 Å². The van der Waals surface area contributed by atoms with Crippen LogP contribution in [-0.4, -0.2) is 9.97 Å². The molecule has 0 atom stereocenters. The molecule has 0 aliphatic heterocycles. The third-order valence-electron chi connectivity index (χ3n) is 4.02. The van der Waals surface area contributed by atoms with Gasteiger partial charge in [-0.15, -0.1) is 0 Å². The van der Waals surface area contributed by atoms with Crippen molar-refractivity contribution in [3.8, 4) is 22.3 Å². The van der Waals surface area contributed by atoms with Crippen molar-refractivity contribution in [3.63, 3.8) is 0 Å². The fourth-order valence-electron chi connectivity index (χ4n) is 2.78. The molecule has 0 unspecified atom stereocenters. The van der Waals surface area contributed by atoms with Crippen LogP contribution in [0.3, 0.4) is 0 Å². The zero-order valence-corrected chi connectivity index (χ0v) is 12.5. The minimum Gasteiger partial charge on any atom is -0.399 e. The van der Waals surface area contributed by atoms with Crippen LogP contribution in [0.4, 0.5) is 11.5 Å². The Kier molecular flexibility index (Phi) is 3.01. The zero-order chi connectivity index (χ0) is 15.8. The Morgan fingerprint density at radius 3 is 2.26 bits per heavy atom. The number of anilines is 2. The summed E-state index contributed by atoms with van der Waals surface area (Å²) in [6.45, 7) is 0. The second-order valence-electron chi connectivity index (χ2n) is 5.56. The Labute approximate surface area is 133 Å². The zero-order valence-electron chi connectivity index (χ0n) is 12.5. The molecule has 23 heavy (non-hydrogen) atoms. The van der Waals surface area contributed by atoms with Crippen LogP contribution in [0.1, 0.15) is 0 Å². The summed E-state index contributed by atoms with van der Waals surface area (Å²) in [5.41, 5.74) is 17.8. The number of nitrogens with one attached hydrogen (secondary N) is 1. The maximum absolute atomic E-state index is 5.78. The third kappa shape index (κ3) is 2.40. The minimum atomic E-state index is 0.527. The van der Waals surface area contributed by atoms with Crippen LogP contribution in [0.2, 0.25) is 0 Å². The van der Waals surface area contributed by atoms with Crippen LogP contribution < -0.4 is 11.5 Å². The molecule has 0 amide bonds.